The number of carbonyl (C=O) groups is 2. The SMILES string of the molecule is C[C@@](NN)(C(=O)O)C(CC(=O)OCc1ccccc1)c1ccc(O)c(O)c1. The number of esters is 1. The minimum atomic E-state index is -1.71. The highest BCUT2D eigenvalue weighted by molar-refractivity contribution is 5.82. The average molecular weight is 374 g/mol. The molecule has 0 amide bonds. The number of phenolic OH excluding ortho intramolecular Hbond substituents is 2. The number of aliphatic carboxylic acids is 1. The van der Waals surface area contributed by atoms with Crippen LogP contribution < -0.4 is 11.3 Å². The third-order valence-electron chi connectivity index (χ3n) is 4.46. The topological polar surface area (TPSA) is 142 Å². The van der Waals surface area contributed by atoms with E-state index in [1.807, 2.05) is 18.2 Å². The third kappa shape index (κ3) is 4.75. The molecule has 144 valence electrons. The van der Waals surface area contributed by atoms with Crippen LogP contribution in [0.15, 0.2) is 48.5 Å². The Morgan fingerprint density at radius 3 is 2.37 bits per heavy atom. The molecular weight excluding hydrogens is 352 g/mol. The number of hydrazine groups is 1. The summed E-state index contributed by atoms with van der Waals surface area (Å²) in [4.78, 5) is 24.1. The van der Waals surface area contributed by atoms with E-state index in [4.69, 9.17) is 10.6 Å². The van der Waals surface area contributed by atoms with Crippen molar-refractivity contribution in [3.8, 4) is 11.5 Å². The van der Waals surface area contributed by atoms with E-state index >= 15 is 0 Å². The molecule has 6 N–H and O–H groups in total. The van der Waals surface area contributed by atoms with Crippen LogP contribution in [0, 0.1) is 0 Å². The Hall–Kier alpha value is -3.10. The number of ether oxygens (including phenoxy) is 1. The van der Waals surface area contributed by atoms with E-state index in [1.54, 1.807) is 12.1 Å². The van der Waals surface area contributed by atoms with Gasteiger partial charge < -0.3 is 20.1 Å². The number of carboxylic acid groups (broad SMARTS) is 1. The third-order valence-corrected chi connectivity index (χ3v) is 4.46. The van der Waals surface area contributed by atoms with Gasteiger partial charge in [0.05, 0.1) is 6.42 Å². The van der Waals surface area contributed by atoms with Gasteiger partial charge in [-0.15, -0.1) is 0 Å². The number of benzene rings is 2. The highest BCUT2D eigenvalue weighted by Crippen LogP contribution is 2.36. The summed E-state index contributed by atoms with van der Waals surface area (Å²) in [6.07, 6.45) is -0.302. The van der Waals surface area contributed by atoms with E-state index in [1.165, 1.54) is 25.1 Å². The van der Waals surface area contributed by atoms with E-state index in [2.05, 4.69) is 5.43 Å². The molecule has 0 aliphatic rings. The monoisotopic (exact) mass is 374 g/mol. The van der Waals surface area contributed by atoms with Crippen molar-refractivity contribution in [2.24, 2.45) is 5.84 Å². The molecule has 0 spiro atoms. The summed E-state index contributed by atoms with van der Waals surface area (Å²) in [6, 6.07) is 12.9. The van der Waals surface area contributed by atoms with Crippen molar-refractivity contribution in [1.82, 2.24) is 5.43 Å². The molecule has 1 unspecified atom stereocenters. The van der Waals surface area contributed by atoms with Gasteiger partial charge in [-0.1, -0.05) is 36.4 Å². The quantitative estimate of drug-likeness (QED) is 0.203. The van der Waals surface area contributed by atoms with Crippen LogP contribution >= 0.6 is 0 Å². The summed E-state index contributed by atoms with van der Waals surface area (Å²) < 4.78 is 5.24. The lowest BCUT2D eigenvalue weighted by Gasteiger charge is -2.33. The molecule has 27 heavy (non-hydrogen) atoms. The predicted octanol–water partition coefficient (Wildman–Crippen LogP) is 1.62. The van der Waals surface area contributed by atoms with Crippen LogP contribution in [0.3, 0.4) is 0 Å². The Morgan fingerprint density at radius 2 is 1.81 bits per heavy atom. The molecule has 0 radical (unpaired) electrons. The van der Waals surface area contributed by atoms with E-state index in [0.717, 1.165) is 5.56 Å². The van der Waals surface area contributed by atoms with Crippen molar-refractivity contribution >= 4 is 11.9 Å². The van der Waals surface area contributed by atoms with E-state index in [-0.39, 0.29) is 18.8 Å². The van der Waals surface area contributed by atoms with Crippen molar-refractivity contribution in [1.29, 1.82) is 0 Å². The molecule has 0 aromatic heterocycles. The Kier molecular flexibility index (Phi) is 6.38. The molecule has 8 nitrogen and oxygen atoms in total. The average Bonchev–Trinajstić information content (AvgIpc) is 2.66. The minimum Gasteiger partial charge on any atom is -0.504 e. The fraction of sp³-hybridized carbons (Fsp3) is 0.263. The lowest BCUT2D eigenvalue weighted by molar-refractivity contribution is -0.149. The van der Waals surface area contributed by atoms with Gasteiger partial charge in [0.15, 0.2) is 11.5 Å². The highest BCUT2D eigenvalue weighted by atomic mass is 16.5. The number of carboxylic acids is 1. The van der Waals surface area contributed by atoms with E-state index < -0.39 is 29.1 Å². The van der Waals surface area contributed by atoms with Crippen LogP contribution in [-0.2, 0) is 20.9 Å². The Bertz CT molecular complexity index is 811. The number of hydrogen-bond donors (Lipinski definition) is 5. The first kappa shape index (κ1) is 20.2. The standard InChI is InChI=1S/C19H22N2O6/c1-19(21-20,18(25)26)14(13-7-8-15(22)16(23)9-13)10-17(24)27-11-12-5-3-2-4-6-12/h2-9,14,21-23H,10-11,20H2,1H3,(H,25,26)/t14?,19-/m0/s1. The first-order valence-electron chi connectivity index (χ1n) is 8.20. The van der Waals surface area contributed by atoms with Crippen molar-refractivity contribution in [3.63, 3.8) is 0 Å². The second-order valence-electron chi connectivity index (χ2n) is 6.30. The number of aromatic hydroxyl groups is 2. The highest BCUT2D eigenvalue weighted by Gasteiger charge is 2.43. The van der Waals surface area contributed by atoms with Crippen molar-refractivity contribution < 1.29 is 29.6 Å². The summed E-state index contributed by atoms with van der Waals surface area (Å²) in [6.45, 7) is 1.38. The molecule has 2 atom stereocenters. The molecule has 0 fully saturated rings. The summed E-state index contributed by atoms with van der Waals surface area (Å²) in [5.74, 6) is 1.80. The fourth-order valence-corrected chi connectivity index (χ4v) is 2.69. The van der Waals surface area contributed by atoms with Crippen LogP contribution in [0.2, 0.25) is 0 Å². The molecule has 2 rings (SSSR count). The maximum Gasteiger partial charge on any atom is 0.325 e. The van der Waals surface area contributed by atoms with Crippen LogP contribution in [0.4, 0.5) is 0 Å². The molecular formula is C19H22N2O6. The summed E-state index contributed by atoms with van der Waals surface area (Å²) >= 11 is 0. The maximum absolute atomic E-state index is 12.3. The van der Waals surface area contributed by atoms with E-state index in [0.29, 0.717) is 5.56 Å². The molecule has 2 aromatic carbocycles. The number of rotatable bonds is 8. The minimum absolute atomic E-state index is 0.0487. The van der Waals surface area contributed by atoms with Gasteiger partial charge in [-0.3, -0.25) is 15.4 Å². The second kappa shape index (κ2) is 8.52. The second-order valence-corrected chi connectivity index (χ2v) is 6.30. The van der Waals surface area contributed by atoms with Crippen molar-refractivity contribution in [2.75, 3.05) is 0 Å². The Labute approximate surface area is 156 Å². The van der Waals surface area contributed by atoms with Gasteiger partial charge in [0, 0.05) is 5.92 Å². The smallest absolute Gasteiger partial charge is 0.325 e. The number of phenols is 2. The molecule has 0 saturated heterocycles. The Morgan fingerprint density at radius 1 is 1.15 bits per heavy atom. The summed E-state index contributed by atoms with van der Waals surface area (Å²) in [5, 5.41) is 28.8. The van der Waals surface area contributed by atoms with Gasteiger partial charge in [-0.25, -0.2) is 5.43 Å². The first-order valence-corrected chi connectivity index (χ1v) is 8.20. The zero-order valence-electron chi connectivity index (χ0n) is 14.8. The normalized spacial score (nSPS) is 14.1. The molecule has 8 heteroatoms. The molecule has 0 heterocycles. The van der Waals surface area contributed by atoms with Crippen LogP contribution in [0.25, 0.3) is 0 Å². The van der Waals surface area contributed by atoms with Gasteiger partial charge in [0.1, 0.15) is 12.1 Å². The zero-order chi connectivity index (χ0) is 20.0. The van der Waals surface area contributed by atoms with Crippen LogP contribution in [-0.4, -0.2) is 32.8 Å². The number of nitrogens with one attached hydrogen (secondary N) is 1. The number of hydrogen-bond acceptors (Lipinski definition) is 7. The molecule has 0 bridgehead atoms. The largest absolute Gasteiger partial charge is 0.504 e. The van der Waals surface area contributed by atoms with Gasteiger partial charge in [0.2, 0.25) is 0 Å². The van der Waals surface area contributed by atoms with Crippen molar-refractivity contribution in [2.45, 2.75) is 31.4 Å². The van der Waals surface area contributed by atoms with Gasteiger partial charge in [-0.05, 0) is 30.2 Å². The lowest BCUT2D eigenvalue weighted by Crippen LogP contribution is -2.57. The molecule has 0 aliphatic heterocycles. The summed E-state index contributed by atoms with van der Waals surface area (Å²) in [7, 11) is 0. The lowest BCUT2D eigenvalue weighted by atomic mass is 9.78. The fourth-order valence-electron chi connectivity index (χ4n) is 2.69. The van der Waals surface area contributed by atoms with Crippen molar-refractivity contribution in [3.05, 3.63) is 59.7 Å². The summed E-state index contributed by atoms with van der Waals surface area (Å²) in [5.41, 5.74) is 1.63. The van der Waals surface area contributed by atoms with Crippen LogP contribution in [0.5, 0.6) is 11.5 Å². The van der Waals surface area contributed by atoms with Crippen LogP contribution in [0.1, 0.15) is 30.4 Å². The van der Waals surface area contributed by atoms with Gasteiger partial charge >= 0.3 is 11.9 Å². The zero-order valence-corrected chi connectivity index (χ0v) is 14.8. The Balaban J connectivity index is 2.25. The first-order chi connectivity index (χ1) is 12.8. The predicted molar refractivity (Wildman–Crippen MR) is 96.7 cm³/mol. The molecule has 0 aliphatic carbocycles. The van der Waals surface area contributed by atoms with Gasteiger partial charge in [0.25, 0.3) is 0 Å². The maximum atomic E-state index is 12.3. The molecule has 0 saturated carbocycles. The number of nitrogens with two attached hydrogens (primary N) is 1. The van der Waals surface area contributed by atoms with E-state index in [9.17, 15) is 24.9 Å². The number of carbonyl (C=O) groups excluding carboxylic acids is 1. The van der Waals surface area contributed by atoms with Gasteiger partial charge in [-0.2, -0.15) is 0 Å². The molecule has 2 aromatic rings.